The van der Waals surface area contributed by atoms with Gasteiger partial charge in [0.15, 0.2) is 0 Å². The molecule has 1 aliphatic heterocycles. The zero-order valence-corrected chi connectivity index (χ0v) is 9.25. The topological polar surface area (TPSA) is 87.0 Å². The normalized spacial score (nSPS) is 23.9. The molecule has 0 bridgehead atoms. The van der Waals surface area contributed by atoms with Crippen LogP contribution < -0.4 is 0 Å². The van der Waals surface area contributed by atoms with E-state index in [-0.39, 0.29) is 12.2 Å². The average molecular weight is 228 g/mol. The summed E-state index contributed by atoms with van der Waals surface area (Å²) in [6, 6.07) is 0. The summed E-state index contributed by atoms with van der Waals surface area (Å²) < 4.78 is 4.84. The fourth-order valence-corrected chi connectivity index (χ4v) is 1.28. The number of allylic oxidation sites excluding steroid dienone is 1. The Hall–Kier alpha value is -1.17. The summed E-state index contributed by atoms with van der Waals surface area (Å²) in [6.07, 6.45) is 0.296. The molecule has 0 saturated carbocycles. The zero-order valence-electron chi connectivity index (χ0n) is 9.25. The molecule has 1 aliphatic rings. The number of rotatable bonds is 4. The van der Waals surface area contributed by atoms with Gasteiger partial charge < -0.3 is 20.1 Å². The average Bonchev–Trinajstić information content (AvgIpc) is 2.45. The van der Waals surface area contributed by atoms with Gasteiger partial charge in [-0.3, -0.25) is 0 Å². The third-order valence-corrected chi connectivity index (χ3v) is 2.13. The molecule has 16 heavy (non-hydrogen) atoms. The van der Waals surface area contributed by atoms with Crippen molar-refractivity contribution in [3.05, 3.63) is 23.5 Å². The smallest absolute Gasteiger partial charge is 0.339 e. The SMILES string of the molecule is C[C@H](O)CC1=C/C(=C\[C@H](O)[C@@H](C)O)OC1=O. The van der Waals surface area contributed by atoms with Crippen molar-refractivity contribution >= 4 is 5.97 Å². The Kier molecular flexibility index (Phi) is 4.23. The van der Waals surface area contributed by atoms with Gasteiger partial charge in [0, 0.05) is 12.0 Å². The van der Waals surface area contributed by atoms with E-state index in [9.17, 15) is 9.90 Å². The fourth-order valence-electron chi connectivity index (χ4n) is 1.28. The predicted molar refractivity (Wildman–Crippen MR) is 56.2 cm³/mol. The molecular formula is C11H16O5. The molecule has 0 amide bonds. The summed E-state index contributed by atoms with van der Waals surface area (Å²) in [6.45, 7) is 3.00. The molecule has 0 aromatic carbocycles. The minimum Gasteiger partial charge on any atom is -0.423 e. The van der Waals surface area contributed by atoms with Gasteiger partial charge in [0.25, 0.3) is 0 Å². The van der Waals surface area contributed by atoms with Crippen LogP contribution in [0.2, 0.25) is 0 Å². The Morgan fingerprint density at radius 2 is 2.00 bits per heavy atom. The van der Waals surface area contributed by atoms with Crippen molar-refractivity contribution in [2.75, 3.05) is 0 Å². The van der Waals surface area contributed by atoms with Gasteiger partial charge in [-0.2, -0.15) is 0 Å². The largest absolute Gasteiger partial charge is 0.423 e. The molecule has 0 aromatic heterocycles. The van der Waals surface area contributed by atoms with E-state index in [4.69, 9.17) is 14.9 Å². The van der Waals surface area contributed by atoms with Crippen LogP contribution in [0, 0.1) is 0 Å². The number of hydrogen-bond acceptors (Lipinski definition) is 5. The fraction of sp³-hybridized carbons (Fsp3) is 0.545. The lowest BCUT2D eigenvalue weighted by molar-refractivity contribution is -0.133. The van der Waals surface area contributed by atoms with Crippen LogP contribution in [0.4, 0.5) is 0 Å². The number of aliphatic hydroxyl groups excluding tert-OH is 3. The van der Waals surface area contributed by atoms with E-state index in [1.54, 1.807) is 6.92 Å². The molecule has 90 valence electrons. The molecule has 0 radical (unpaired) electrons. The van der Waals surface area contributed by atoms with E-state index < -0.39 is 24.3 Å². The summed E-state index contributed by atoms with van der Waals surface area (Å²) in [5, 5.41) is 27.5. The summed E-state index contributed by atoms with van der Waals surface area (Å²) in [5.41, 5.74) is 0.360. The molecule has 5 nitrogen and oxygen atoms in total. The maximum atomic E-state index is 11.3. The highest BCUT2D eigenvalue weighted by Gasteiger charge is 2.23. The number of cyclic esters (lactones) is 1. The van der Waals surface area contributed by atoms with Crippen LogP contribution in [0.1, 0.15) is 20.3 Å². The monoisotopic (exact) mass is 228 g/mol. The quantitative estimate of drug-likeness (QED) is 0.583. The molecular weight excluding hydrogens is 212 g/mol. The minimum atomic E-state index is -1.08. The van der Waals surface area contributed by atoms with E-state index in [1.165, 1.54) is 19.1 Å². The lowest BCUT2D eigenvalue weighted by Gasteiger charge is -2.08. The number of carbonyl (C=O) groups excluding carboxylic acids is 1. The molecule has 0 spiro atoms. The Balaban J connectivity index is 2.73. The Morgan fingerprint density at radius 3 is 2.50 bits per heavy atom. The first-order valence-corrected chi connectivity index (χ1v) is 5.09. The molecule has 1 heterocycles. The van der Waals surface area contributed by atoms with Gasteiger partial charge in [-0.25, -0.2) is 4.79 Å². The Morgan fingerprint density at radius 1 is 1.38 bits per heavy atom. The maximum absolute atomic E-state index is 11.3. The molecule has 0 fully saturated rings. The highest BCUT2D eigenvalue weighted by Crippen LogP contribution is 2.21. The van der Waals surface area contributed by atoms with Crippen LogP contribution in [0.5, 0.6) is 0 Å². The molecule has 0 aliphatic carbocycles. The first kappa shape index (κ1) is 12.9. The summed E-state index contributed by atoms with van der Waals surface area (Å²) in [5.74, 6) is -0.320. The Bertz CT molecular complexity index is 327. The van der Waals surface area contributed by atoms with Gasteiger partial charge in [-0.1, -0.05) is 0 Å². The summed E-state index contributed by atoms with van der Waals surface area (Å²) in [7, 11) is 0. The van der Waals surface area contributed by atoms with Crippen molar-refractivity contribution in [2.24, 2.45) is 0 Å². The molecule has 3 atom stereocenters. The predicted octanol–water partition coefficient (Wildman–Crippen LogP) is -0.134. The van der Waals surface area contributed by atoms with E-state index >= 15 is 0 Å². The van der Waals surface area contributed by atoms with Crippen LogP contribution in [0.15, 0.2) is 23.5 Å². The number of hydrogen-bond donors (Lipinski definition) is 3. The molecule has 0 aromatic rings. The number of ether oxygens (including phenoxy) is 1. The van der Waals surface area contributed by atoms with E-state index in [2.05, 4.69) is 0 Å². The lowest BCUT2D eigenvalue weighted by atomic mass is 10.1. The van der Waals surface area contributed by atoms with Crippen LogP contribution in [-0.2, 0) is 9.53 Å². The van der Waals surface area contributed by atoms with Gasteiger partial charge in [0.05, 0.1) is 12.2 Å². The van der Waals surface area contributed by atoms with Crippen LogP contribution in [0.3, 0.4) is 0 Å². The number of carbonyl (C=O) groups is 1. The first-order chi connectivity index (χ1) is 7.40. The van der Waals surface area contributed by atoms with E-state index in [0.29, 0.717) is 5.57 Å². The summed E-state index contributed by atoms with van der Waals surface area (Å²) >= 11 is 0. The number of esters is 1. The van der Waals surface area contributed by atoms with Gasteiger partial charge >= 0.3 is 5.97 Å². The second-order valence-corrected chi connectivity index (χ2v) is 3.91. The van der Waals surface area contributed by atoms with Crippen molar-refractivity contribution in [2.45, 2.75) is 38.6 Å². The zero-order chi connectivity index (χ0) is 12.3. The van der Waals surface area contributed by atoms with E-state index in [0.717, 1.165) is 0 Å². The minimum absolute atomic E-state index is 0.203. The standard InChI is InChI=1S/C11H16O5/c1-6(12)3-8-4-9(16-11(8)15)5-10(14)7(2)13/h4-7,10,12-14H,3H2,1-2H3/b9-5+/t6-,7+,10-/m0/s1. The second-order valence-electron chi connectivity index (χ2n) is 3.91. The molecule has 5 heteroatoms. The summed E-state index contributed by atoms with van der Waals surface area (Å²) in [4.78, 5) is 11.3. The number of aliphatic hydroxyl groups is 3. The molecule has 1 rings (SSSR count). The highest BCUT2D eigenvalue weighted by atomic mass is 16.5. The molecule has 3 N–H and O–H groups in total. The molecule has 0 saturated heterocycles. The highest BCUT2D eigenvalue weighted by molar-refractivity contribution is 5.92. The molecule has 0 unspecified atom stereocenters. The Labute approximate surface area is 93.7 Å². The third-order valence-electron chi connectivity index (χ3n) is 2.13. The van der Waals surface area contributed by atoms with E-state index in [1.807, 2.05) is 0 Å². The first-order valence-electron chi connectivity index (χ1n) is 5.09. The van der Waals surface area contributed by atoms with Crippen molar-refractivity contribution in [3.8, 4) is 0 Å². The van der Waals surface area contributed by atoms with Crippen molar-refractivity contribution in [3.63, 3.8) is 0 Å². The van der Waals surface area contributed by atoms with Gasteiger partial charge in [-0.15, -0.1) is 0 Å². The van der Waals surface area contributed by atoms with Crippen molar-refractivity contribution in [1.82, 2.24) is 0 Å². The third kappa shape index (κ3) is 3.44. The van der Waals surface area contributed by atoms with Gasteiger partial charge in [-0.05, 0) is 26.0 Å². The maximum Gasteiger partial charge on any atom is 0.339 e. The lowest BCUT2D eigenvalue weighted by Crippen LogP contribution is -2.20. The van der Waals surface area contributed by atoms with Gasteiger partial charge in [0.2, 0.25) is 0 Å². The van der Waals surface area contributed by atoms with Crippen LogP contribution >= 0.6 is 0 Å². The van der Waals surface area contributed by atoms with Crippen LogP contribution in [0.25, 0.3) is 0 Å². The second kappa shape index (κ2) is 5.25. The van der Waals surface area contributed by atoms with Gasteiger partial charge in [0.1, 0.15) is 11.9 Å². The van der Waals surface area contributed by atoms with Crippen LogP contribution in [-0.4, -0.2) is 39.6 Å². The van der Waals surface area contributed by atoms with Crippen molar-refractivity contribution in [1.29, 1.82) is 0 Å². The van der Waals surface area contributed by atoms with Crippen molar-refractivity contribution < 1.29 is 24.9 Å².